The summed E-state index contributed by atoms with van der Waals surface area (Å²) >= 11 is 0. The van der Waals surface area contributed by atoms with Crippen LogP contribution in [0.5, 0.6) is 0 Å². The normalized spacial score (nSPS) is 15.6. The molecule has 5 atom stereocenters. The molecule has 0 aromatic carbocycles. The average molecular weight is 840 g/mol. The maximum atomic E-state index is 12.6. The van der Waals surface area contributed by atoms with Gasteiger partial charge in [0.1, 0.15) is 6.61 Å². The molecule has 0 bridgehead atoms. The smallest absolute Gasteiger partial charge is 0.462 e. The van der Waals surface area contributed by atoms with Gasteiger partial charge in [-0.3, -0.25) is 18.6 Å². The molecule has 0 heterocycles. The third kappa shape index (κ3) is 37.6. The first-order valence-electron chi connectivity index (χ1n) is 21.7. The van der Waals surface area contributed by atoms with E-state index in [4.69, 9.17) is 24.3 Å². The fourth-order valence-corrected chi connectivity index (χ4v) is 6.28. The summed E-state index contributed by atoms with van der Waals surface area (Å²) in [5, 5.41) is 30.5. The van der Waals surface area contributed by atoms with Crippen LogP contribution in [0.4, 0.5) is 0 Å². The number of rotatable bonds is 39. The molecule has 1 unspecified atom stereocenters. The molecule has 0 aliphatic rings. The number of nitrogens with two attached hydrogens (primary N) is 1. The van der Waals surface area contributed by atoms with E-state index in [0.29, 0.717) is 6.42 Å². The van der Waals surface area contributed by atoms with Crippen LogP contribution in [0.1, 0.15) is 149 Å². The molecule has 0 aliphatic carbocycles. The van der Waals surface area contributed by atoms with Gasteiger partial charge in [0.2, 0.25) is 0 Å². The highest BCUT2D eigenvalue weighted by molar-refractivity contribution is 7.47. The van der Waals surface area contributed by atoms with Gasteiger partial charge in [-0.15, -0.1) is 0 Å². The third-order valence-electron chi connectivity index (χ3n) is 8.93. The molecule has 0 fully saturated rings. The van der Waals surface area contributed by atoms with E-state index in [2.05, 4.69) is 38.2 Å². The molecule has 0 aromatic rings. The predicted octanol–water partition coefficient (Wildman–Crippen LogP) is 9.19. The van der Waals surface area contributed by atoms with Crippen molar-refractivity contribution in [2.24, 2.45) is 5.73 Å². The van der Waals surface area contributed by atoms with Gasteiger partial charge in [-0.05, 0) is 57.8 Å². The summed E-state index contributed by atoms with van der Waals surface area (Å²) in [6.45, 7) is 3.17. The zero-order valence-corrected chi connectivity index (χ0v) is 36.5. The molecule has 0 rings (SSSR count). The van der Waals surface area contributed by atoms with E-state index in [9.17, 15) is 34.4 Å². The van der Waals surface area contributed by atoms with Gasteiger partial charge in [0.25, 0.3) is 0 Å². The maximum Gasteiger partial charge on any atom is 0.472 e. The Balaban J connectivity index is 4.51. The Morgan fingerprint density at radius 3 is 1.86 bits per heavy atom. The van der Waals surface area contributed by atoms with Gasteiger partial charge in [-0.2, -0.15) is 0 Å². The number of allylic oxidation sites excluding steroid dienone is 10. The number of carbonyl (C=O) groups excluding carboxylic acids is 2. The van der Waals surface area contributed by atoms with E-state index in [1.165, 1.54) is 44.6 Å². The van der Waals surface area contributed by atoms with Crippen LogP contribution in [0.3, 0.4) is 0 Å². The van der Waals surface area contributed by atoms with Crippen molar-refractivity contribution in [2.45, 2.75) is 173 Å². The maximum absolute atomic E-state index is 12.6. The summed E-state index contributed by atoms with van der Waals surface area (Å²) in [4.78, 5) is 34.9. The molecule has 0 saturated carbocycles. The summed E-state index contributed by atoms with van der Waals surface area (Å²) in [6, 6.07) is 0. The predicted molar refractivity (Wildman–Crippen MR) is 233 cm³/mol. The van der Waals surface area contributed by atoms with E-state index >= 15 is 0 Å². The zero-order chi connectivity index (χ0) is 43.0. The van der Waals surface area contributed by atoms with E-state index in [1.807, 2.05) is 0 Å². The monoisotopic (exact) mass is 840 g/mol. The lowest BCUT2D eigenvalue weighted by atomic mass is 10.1. The Kier molecular flexibility index (Phi) is 37.9. The second-order valence-corrected chi connectivity index (χ2v) is 15.9. The van der Waals surface area contributed by atoms with Crippen molar-refractivity contribution < 1.29 is 52.9 Å². The summed E-state index contributed by atoms with van der Waals surface area (Å²) in [7, 11) is -4.48. The Bertz CT molecular complexity index is 1230. The van der Waals surface area contributed by atoms with Gasteiger partial charge in [-0.1, -0.05) is 151 Å². The van der Waals surface area contributed by atoms with Gasteiger partial charge in [0, 0.05) is 19.4 Å². The van der Waals surface area contributed by atoms with Crippen molar-refractivity contribution >= 4 is 19.8 Å². The molecule has 0 spiro atoms. The van der Waals surface area contributed by atoms with Crippen LogP contribution in [-0.4, -0.2) is 82.9 Å². The number of esters is 2. The first kappa shape index (κ1) is 55.3. The van der Waals surface area contributed by atoms with Crippen molar-refractivity contribution in [3.8, 4) is 0 Å². The Morgan fingerprint density at radius 1 is 0.638 bits per heavy atom. The minimum absolute atomic E-state index is 0.00684. The number of aliphatic hydroxyl groups is 3. The zero-order valence-electron chi connectivity index (χ0n) is 35.6. The highest BCUT2D eigenvalue weighted by Crippen LogP contribution is 2.43. The number of hydrogen-bond acceptors (Lipinski definition) is 11. The van der Waals surface area contributed by atoms with E-state index in [0.717, 1.165) is 64.2 Å². The Hall–Kier alpha value is -2.67. The molecular weight excluding hydrogens is 761 g/mol. The van der Waals surface area contributed by atoms with Crippen molar-refractivity contribution in [2.75, 3.05) is 26.4 Å². The molecule has 13 heteroatoms. The van der Waals surface area contributed by atoms with Gasteiger partial charge in [0.05, 0.1) is 31.5 Å². The van der Waals surface area contributed by atoms with Gasteiger partial charge in [0.15, 0.2) is 6.10 Å². The first-order chi connectivity index (χ1) is 28.0. The quantitative estimate of drug-likeness (QED) is 0.0130. The number of hydrogen-bond donors (Lipinski definition) is 5. The van der Waals surface area contributed by atoms with Crippen molar-refractivity contribution in [3.05, 3.63) is 72.9 Å². The van der Waals surface area contributed by atoms with E-state index < -0.39 is 50.8 Å². The Morgan fingerprint density at radius 2 is 1.21 bits per heavy atom. The highest BCUT2D eigenvalue weighted by Gasteiger charge is 2.26. The van der Waals surface area contributed by atoms with Crippen LogP contribution in [0, 0.1) is 0 Å². The number of carbonyl (C=O) groups is 2. The minimum Gasteiger partial charge on any atom is -0.462 e. The summed E-state index contributed by atoms with van der Waals surface area (Å²) in [5.74, 6) is -1.17. The van der Waals surface area contributed by atoms with E-state index in [1.54, 1.807) is 42.5 Å². The van der Waals surface area contributed by atoms with Gasteiger partial charge >= 0.3 is 19.8 Å². The molecule has 0 amide bonds. The van der Waals surface area contributed by atoms with Crippen LogP contribution in [0.15, 0.2) is 72.9 Å². The lowest BCUT2D eigenvalue weighted by Gasteiger charge is -2.20. The fraction of sp³-hybridized carbons (Fsp3) is 0.689. The number of aliphatic hydroxyl groups excluding tert-OH is 3. The largest absolute Gasteiger partial charge is 0.472 e. The van der Waals surface area contributed by atoms with Crippen LogP contribution in [0.25, 0.3) is 0 Å². The Labute approximate surface area is 350 Å². The molecule has 0 saturated heterocycles. The number of phosphoric ester groups is 1. The number of unbranched alkanes of at least 4 members (excludes halogenated alkanes) is 12. The van der Waals surface area contributed by atoms with Crippen molar-refractivity contribution in [3.63, 3.8) is 0 Å². The standard InChI is InChI=1S/C45H78NO11P/c1-3-5-7-8-9-10-11-12-13-14-15-16-17-18-19-24-28-34-44(50)54-38-41(39-56-58(52,53)55-37-36-46)57-45(51)35-29-33-43(49)42(48)32-27-23-21-20-22-26-31-40(47)30-25-6-4-2/h9-10,12-13,20-23,26-27,31-32,40-43,47-49H,3-8,11,14-19,24-25,28-30,33-39,46H2,1-2H3,(H,52,53)/b10-9-,13-12-,22-20-,23-21+,31-26+,32-27+/t40-,41+,42-,43-/m0/s1. The topological polar surface area (TPSA) is 195 Å². The fourth-order valence-electron chi connectivity index (χ4n) is 5.52. The number of ether oxygens (including phenoxy) is 2. The second kappa shape index (κ2) is 39.8. The van der Waals surface area contributed by atoms with Crippen LogP contribution < -0.4 is 5.73 Å². The number of phosphoric acid groups is 1. The molecule has 12 nitrogen and oxygen atoms in total. The molecule has 6 N–H and O–H groups in total. The lowest BCUT2D eigenvalue weighted by molar-refractivity contribution is -0.161. The lowest BCUT2D eigenvalue weighted by Crippen LogP contribution is -2.30. The van der Waals surface area contributed by atoms with Gasteiger partial charge in [-0.25, -0.2) is 4.57 Å². The van der Waals surface area contributed by atoms with Gasteiger partial charge < -0.3 is 35.4 Å². The highest BCUT2D eigenvalue weighted by atomic mass is 31.2. The van der Waals surface area contributed by atoms with Crippen molar-refractivity contribution in [1.82, 2.24) is 0 Å². The summed E-state index contributed by atoms with van der Waals surface area (Å²) in [5.41, 5.74) is 5.32. The van der Waals surface area contributed by atoms with Crippen LogP contribution in [0.2, 0.25) is 0 Å². The summed E-state index contributed by atoms with van der Waals surface area (Å²) < 4.78 is 32.5. The van der Waals surface area contributed by atoms with Crippen molar-refractivity contribution in [1.29, 1.82) is 0 Å². The van der Waals surface area contributed by atoms with Crippen LogP contribution in [-0.2, 0) is 32.7 Å². The minimum atomic E-state index is -4.48. The molecule has 0 radical (unpaired) electrons. The summed E-state index contributed by atoms with van der Waals surface area (Å²) in [6.07, 6.45) is 37.2. The first-order valence-corrected chi connectivity index (χ1v) is 23.2. The van der Waals surface area contributed by atoms with Crippen LogP contribution >= 0.6 is 7.82 Å². The third-order valence-corrected chi connectivity index (χ3v) is 9.92. The molecule has 334 valence electrons. The molecule has 0 aromatic heterocycles. The second-order valence-electron chi connectivity index (χ2n) is 14.4. The average Bonchev–Trinajstić information content (AvgIpc) is 3.20. The molecule has 58 heavy (non-hydrogen) atoms. The molecular formula is C45H78NO11P. The van der Waals surface area contributed by atoms with E-state index in [-0.39, 0.29) is 45.4 Å². The molecule has 0 aliphatic heterocycles. The SMILES string of the molecule is CCCCC/C=C\C/C=C\CCCCCCCCCC(=O)OC[C@H](COP(=O)(O)OCCN)OC(=O)CCC[C@H](O)[C@@H](O)/C=C/C=C/C=C\C=C\[C@@H](O)CCCCC.